The summed E-state index contributed by atoms with van der Waals surface area (Å²) in [5.74, 6) is -1.59. The van der Waals surface area contributed by atoms with Crippen LogP contribution in [0.5, 0.6) is 0 Å². The second kappa shape index (κ2) is 15.2. The van der Waals surface area contributed by atoms with Crippen molar-refractivity contribution in [3.63, 3.8) is 0 Å². The van der Waals surface area contributed by atoms with Gasteiger partial charge in [-0.2, -0.15) is 0 Å². The highest BCUT2D eigenvalue weighted by Gasteiger charge is 2.31. The molecule has 0 spiro atoms. The van der Waals surface area contributed by atoms with Crippen LogP contribution in [0, 0.1) is 0 Å². The summed E-state index contributed by atoms with van der Waals surface area (Å²) in [6.45, 7) is 4.02. The second-order valence-corrected chi connectivity index (χ2v) is 8.15. The van der Waals surface area contributed by atoms with Gasteiger partial charge in [-0.05, 0) is 6.42 Å². The Hall–Kier alpha value is -1.67. The molecule has 0 saturated carbocycles. The number of carbonyl (C=O) groups is 3. The molecule has 0 aromatic carbocycles. The summed E-state index contributed by atoms with van der Waals surface area (Å²) in [7, 11) is 5.44. The quantitative estimate of drug-likeness (QED) is 0.220. The fourth-order valence-electron chi connectivity index (χ4n) is 2.77. The standard InChI is InChI=1S/C21H39NO7/c1-6-8-9-10-11-12-20(24)29-17(16-28-19(23)7-2)15-27-14-13-18(21(25)26)22(3,4)5/h17-18H,6-16H2,1-5H3/p+1. The van der Waals surface area contributed by atoms with Crippen LogP contribution in [0.1, 0.15) is 65.2 Å². The van der Waals surface area contributed by atoms with Crippen LogP contribution in [-0.4, -0.2) is 80.6 Å². The molecule has 1 N–H and O–H groups in total. The lowest BCUT2D eigenvalue weighted by Crippen LogP contribution is -2.50. The zero-order chi connectivity index (χ0) is 22.3. The summed E-state index contributed by atoms with van der Waals surface area (Å²) in [5, 5.41) is 9.35. The molecule has 0 aromatic heterocycles. The second-order valence-electron chi connectivity index (χ2n) is 8.15. The molecule has 0 amide bonds. The van der Waals surface area contributed by atoms with Gasteiger partial charge < -0.3 is 23.8 Å². The number of aliphatic carboxylic acids is 1. The molecule has 0 rings (SSSR count). The van der Waals surface area contributed by atoms with Crippen molar-refractivity contribution in [1.29, 1.82) is 0 Å². The van der Waals surface area contributed by atoms with Crippen LogP contribution in [0.3, 0.4) is 0 Å². The zero-order valence-electron chi connectivity index (χ0n) is 18.8. The number of rotatable bonds is 17. The minimum absolute atomic E-state index is 0.0576. The van der Waals surface area contributed by atoms with E-state index in [0.717, 1.165) is 32.1 Å². The summed E-state index contributed by atoms with van der Waals surface area (Å²) < 4.78 is 16.3. The van der Waals surface area contributed by atoms with Gasteiger partial charge in [0.1, 0.15) is 6.61 Å². The maximum absolute atomic E-state index is 12.1. The number of ether oxygens (including phenoxy) is 3. The van der Waals surface area contributed by atoms with Crippen molar-refractivity contribution in [2.45, 2.75) is 77.4 Å². The Bertz CT molecular complexity index is 488. The van der Waals surface area contributed by atoms with Gasteiger partial charge in [-0.15, -0.1) is 0 Å². The van der Waals surface area contributed by atoms with E-state index in [1.54, 1.807) is 6.92 Å². The molecule has 0 aromatic rings. The molecule has 0 heterocycles. The van der Waals surface area contributed by atoms with Crippen LogP contribution in [0.2, 0.25) is 0 Å². The minimum Gasteiger partial charge on any atom is -0.477 e. The van der Waals surface area contributed by atoms with Gasteiger partial charge in [0, 0.05) is 19.3 Å². The van der Waals surface area contributed by atoms with Crippen molar-refractivity contribution in [3.8, 4) is 0 Å². The van der Waals surface area contributed by atoms with Gasteiger partial charge in [0.15, 0.2) is 12.1 Å². The zero-order valence-corrected chi connectivity index (χ0v) is 18.8. The molecule has 0 fully saturated rings. The van der Waals surface area contributed by atoms with Gasteiger partial charge in [0.05, 0.1) is 34.4 Å². The number of quaternary nitrogens is 1. The maximum atomic E-state index is 12.1. The van der Waals surface area contributed by atoms with E-state index < -0.39 is 18.1 Å². The van der Waals surface area contributed by atoms with E-state index in [1.165, 1.54) is 0 Å². The Morgan fingerprint density at radius 2 is 1.59 bits per heavy atom. The van der Waals surface area contributed by atoms with Gasteiger partial charge >= 0.3 is 17.9 Å². The molecule has 2 atom stereocenters. The van der Waals surface area contributed by atoms with Crippen molar-refractivity contribution in [3.05, 3.63) is 0 Å². The summed E-state index contributed by atoms with van der Waals surface area (Å²) in [5.41, 5.74) is 0. The first-order chi connectivity index (χ1) is 13.6. The highest BCUT2D eigenvalue weighted by atomic mass is 16.6. The van der Waals surface area contributed by atoms with E-state index in [9.17, 15) is 19.5 Å². The minimum atomic E-state index is -0.885. The molecule has 2 unspecified atom stereocenters. The predicted octanol–water partition coefficient (Wildman–Crippen LogP) is 2.78. The Kier molecular flexibility index (Phi) is 14.3. The van der Waals surface area contributed by atoms with Gasteiger partial charge in [-0.25, -0.2) is 4.79 Å². The van der Waals surface area contributed by atoms with E-state index in [2.05, 4.69) is 6.92 Å². The number of unbranched alkanes of at least 4 members (excludes halogenated alkanes) is 4. The summed E-state index contributed by atoms with van der Waals surface area (Å²) in [6, 6.07) is -0.600. The third kappa shape index (κ3) is 14.0. The Morgan fingerprint density at radius 3 is 2.14 bits per heavy atom. The highest BCUT2D eigenvalue weighted by Crippen LogP contribution is 2.10. The summed E-state index contributed by atoms with van der Waals surface area (Å²) in [4.78, 5) is 34.9. The van der Waals surface area contributed by atoms with E-state index in [1.807, 2.05) is 21.1 Å². The smallest absolute Gasteiger partial charge is 0.362 e. The molecule has 0 aliphatic carbocycles. The number of hydrogen-bond acceptors (Lipinski definition) is 6. The molecule has 0 aliphatic heterocycles. The summed E-state index contributed by atoms with van der Waals surface area (Å²) in [6.07, 6.45) is 5.34. The van der Waals surface area contributed by atoms with E-state index in [0.29, 0.717) is 12.8 Å². The molecule has 0 radical (unpaired) electrons. The first-order valence-corrected chi connectivity index (χ1v) is 10.6. The number of esters is 2. The topological polar surface area (TPSA) is 99.1 Å². The molecule has 0 bridgehead atoms. The highest BCUT2D eigenvalue weighted by molar-refractivity contribution is 5.72. The maximum Gasteiger partial charge on any atom is 0.362 e. The first kappa shape index (κ1) is 27.3. The van der Waals surface area contributed by atoms with Crippen molar-refractivity contribution in [1.82, 2.24) is 0 Å². The molecule has 0 saturated heterocycles. The van der Waals surface area contributed by atoms with Gasteiger partial charge in [-0.1, -0.05) is 39.5 Å². The van der Waals surface area contributed by atoms with Crippen molar-refractivity contribution in [2.24, 2.45) is 0 Å². The average molecular weight is 419 g/mol. The lowest BCUT2D eigenvalue weighted by atomic mass is 10.1. The molecular formula is C21H40NO7+. The van der Waals surface area contributed by atoms with Crippen LogP contribution in [0.15, 0.2) is 0 Å². The van der Waals surface area contributed by atoms with Crippen LogP contribution < -0.4 is 0 Å². The first-order valence-electron chi connectivity index (χ1n) is 10.6. The Balaban J connectivity index is 4.47. The van der Waals surface area contributed by atoms with Crippen molar-refractivity contribution in [2.75, 3.05) is 41.0 Å². The molecule has 0 aliphatic rings. The predicted molar refractivity (Wildman–Crippen MR) is 109 cm³/mol. The number of nitrogens with zero attached hydrogens (tertiary/aromatic N) is 1. The molecular weight excluding hydrogens is 378 g/mol. The molecule has 170 valence electrons. The number of carboxylic acid groups (broad SMARTS) is 1. The van der Waals surface area contributed by atoms with Gasteiger partial charge in [-0.3, -0.25) is 9.59 Å². The monoisotopic (exact) mass is 418 g/mol. The third-order valence-electron chi connectivity index (χ3n) is 4.56. The van der Waals surface area contributed by atoms with Gasteiger partial charge in [0.2, 0.25) is 0 Å². The Labute approximate surface area is 175 Å². The lowest BCUT2D eigenvalue weighted by Gasteiger charge is -2.31. The molecule has 29 heavy (non-hydrogen) atoms. The van der Waals surface area contributed by atoms with Gasteiger partial charge in [0.25, 0.3) is 0 Å². The number of carbonyl (C=O) groups excluding carboxylic acids is 2. The fraction of sp³-hybridized carbons (Fsp3) is 0.857. The van der Waals surface area contributed by atoms with Crippen LogP contribution in [0.4, 0.5) is 0 Å². The molecule has 8 nitrogen and oxygen atoms in total. The number of hydrogen-bond donors (Lipinski definition) is 1. The fourth-order valence-corrected chi connectivity index (χ4v) is 2.77. The van der Waals surface area contributed by atoms with E-state index >= 15 is 0 Å². The largest absolute Gasteiger partial charge is 0.477 e. The third-order valence-corrected chi connectivity index (χ3v) is 4.56. The SMILES string of the molecule is CCCCCCCC(=O)OC(COCCC(C(=O)O)[N+](C)(C)C)COC(=O)CC. The lowest BCUT2D eigenvalue weighted by molar-refractivity contribution is -0.887. The number of carboxylic acids is 1. The van der Waals surface area contributed by atoms with Crippen LogP contribution >= 0.6 is 0 Å². The summed E-state index contributed by atoms with van der Waals surface area (Å²) >= 11 is 0. The number of likely N-dealkylation sites (N-methyl/N-ethyl adjacent to an activating group) is 1. The van der Waals surface area contributed by atoms with E-state index in [-0.39, 0.29) is 42.7 Å². The molecule has 8 heteroatoms. The van der Waals surface area contributed by atoms with Crippen molar-refractivity contribution >= 4 is 17.9 Å². The normalized spacial score (nSPS) is 13.6. The van der Waals surface area contributed by atoms with Crippen LogP contribution in [-0.2, 0) is 28.6 Å². The van der Waals surface area contributed by atoms with Crippen molar-refractivity contribution < 1.29 is 38.2 Å². The van der Waals surface area contributed by atoms with E-state index in [4.69, 9.17) is 14.2 Å². The average Bonchev–Trinajstić information content (AvgIpc) is 2.63. The Morgan fingerprint density at radius 1 is 0.931 bits per heavy atom. The van der Waals surface area contributed by atoms with Crippen LogP contribution in [0.25, 0.3) is 0 Å².